The predicted octanol–water partition coefficient (Wildman–Crippen LogP) is 4.94. The molecule has 1 aromatic carbocycles. The van der Waals surface area contributed by atoms with Gasteiger partial charge in [-0.1, -0.05) is 36.9 Å². The minimum atomic E-state index is 0.218. The monoisotopic (exact) mass is 293 g/mol. The van der Waals surface area contributed by atoms with Gasteiger partial charge in [0.2, 0.25) is 0 Å². The maximum absolute atomic E-state index is 6.37. The van der Waals surface area contributed by atoms with Gasteiger partial charge in [0.05, 0.1) is 11.7 Å². The van der Waals surface area contributed by atoms with Crippen LogP contribution in [0.2, 0.25) is 5.02 Å². The summed E-state index contributed by atoms with van der Waals surface area (Å²) < 4.78 is 6.37. The maximum atomic E-state index is 6.37. The molecule has 1 saturated carbocycles. The van der Waals surface area contributed by atoms with Gasteiger partial charge in [0, 0.05) is 17.3 Å². The Labute approximate surface area is 126 Å². The number of rotatable bonds is 3. The Morgan fingerprint density at radius 2 is 2.05 bits per heavy atom. The molecule has 1 saturated heterocycles. The summed E-state index contributed by atoms with van der Waals surface area (Å²) in [4.78, 5) is 0. The SMILES string of the molecule is Cc1ccc(NCC2CCC3(CCCCC3)O2)cc1Cl. The number of benzene rings is 1. The average molecular weight is 294 g/mol. The molecule has 0 amide bonds. The van der Waals surface area contributed by atoms with Crippen LogP contribution in [0.3, 0.4) is 0 Å². The van der Waals surface area contributed by atoms with E-state index in [-0.39, 0.29) is 5.60 Å². The highest BCUT2D eigenvalue weighted by molar-refractivity contribution is 6.31. The summed E-state index contributed by atoms with van der Waals surface area (Å²) >= 11 is 6.15. The zero-order valence-electron chi connectivity index (χ0n) is 12.3. The first kappa shape index (κ1) is 14.2. The van der Waals surface area contributed by atoms with E-state index in [4.69, 9.17) is 16.3 Å². The van der Waals surface area contributed by atoms with Gasteiger partial charge in [-0.25, -0.2) is 0 Å². The van der Waals surface area contributed by atoms with Gasteiger partial charge in [0.1, 0.15) is 0 Å². The summed E-state index contributed by atoms with van der Waals surface area (Å²) in [6.07, 6.45) is 9.38. The molecule has 1 atom stereocenters. The molecule has 1 aliphatic carbocycles. The quantitative estimate of drug-likeness (QED) is 0.852. The number of hydrogen-bond donors (Lipinski definition) is 1. The van der Waals surface area contributed by atoms with Crippen molar-refractivity contribution in [3.8, 4) is 0 Å². The Morgan fingerprint density at radius 1 is 1.25 bits per heavy atom. The Balaban J connectivity index is 1.53. The molecule has 1 spiro atoms. The first-order valence-corrected chi connectivity index (χ1v) is 8.23. The van der Waals surface area contributed by atoms with Crippen molar-refractivity contribution in [3.63, 3.8) is 0 Å². The van der Waals surface area contributed by atoms with Crippen molar-refractivity contribution in [1.82, 2.24) is 0 Å². The second-order valence-corrected chi connectivity index (χ2v) is 6.77. The molecule has 0 bridgehead atoms. The topological polar surface area (TPSA) is 21.3 Å². The molecule has 1 heterocycles. The average Bonchev–Trinajstić information content (AvgIpc) is 2.84. The number of halogens is 1. The molecule has 2 fully saturated rings. The van der Waals surface area contributed by atoms with Crippen molar-refractivity contribution in [1.29, 1.82) is 0 Å². The van der Waals surface area contributed by atoms with Crippen LogP contribution in [0, 0.1) is 6.92 Å². The molecule has 2 nitrogen and oxygen atoms in total. The smallest absolute Gasteiger partial charge is 0.0756 e. The first-order chi connectivity index (χ1) is 9.67. The fourth-order valence-corrected chi connectivity index (χ4v) is 3.72. The van der Waals surface area contributed by atoms with Gasteiger partial charge in [-0.05, 0) is 50.3 Å². The highest BCUT2D eigenvalue weighted by atomic mass is 35.5. The second kappa shape index (κ2) is 5.95. The Hall–Kier alpha value is -0.730. The van der Waals surface area contributed by atoms with E-state index >= 15 is 0 Å². The number of aryl methyl sites for hydroxylation is 1. The molecule has 1 N–H and O–H groups in total. The normalized spacial score (nSPS) is 25.0. The van der Waals surface area contributed by atoms with Crippen LogP contribution in [-0.2, 0) is 4.74 Å². The molecule has 1 unspecified atom stereocenters. The van der Waals surface area contributed by atoms with Crippen molar-refractivity contribution in [3.05, 3.63) is 28.8 Å². The molecule has 3 heteroatoms. The van der Waals surface area contributed by atoms with Gasteiger partial charge in [0.15, 0.2) is 0 Å². The zero-order valence-corrected chi connectivity index (χ0v) is 13.0. The summed E-state index contributed by atoms with van der Waals surface area (Å²) in [7, 11) is 0. The van der Waals surface area contributed by atoms with Crippen LogP contribution in [0.5, 0.6) is 0 Å². The van der Waals surface area contributed by atoms with Crippen molar-refractivity contribution in [2.24, 2.45) is 0 Å². The van der Waals surface area contributed by atoms with Crippen LogP contribution in [0.15, 0.2) is 18.2 Å². The van der Waals surface area contributed by atoms with E-state index in [0.717, 1.165) is 22.8 Å². The summed E-state index contributed by atoms with van der Waals surface area (Å²) in [5, 5.41) is 4.29. The van der Waals surface area contributed by atoms with Crippen LogP contribution in [0.4, 0.5) is 5.69 Å². The molecule has 20 heavy (non-hydrogen) atoms. The van der Waals surface area contributed by atoms with Crippen LogP contribution in [-0.4, -0.2) is 18.2 Å². The summed E-state index contributed by atoms with van der Waals surface area (Å²) in [6.45, 7) is 2.92. The van der Waals surface area contributed by atoms with Gasteiger partial charge in [-0.2, -0.15) is 0 Å². The van der Waals surface area contributed by atoms with Gasteiger partial charge in [0.25, 0.3) is 0 Å². The van der Waals surface area contributed by atoms with Crippen LogP contribution < -0.4 is 5.32 Å². The van der Waals surface area contributed by atoms with E-state index in [2.05, 4.69) is 17.4 Å². The molecule has 0 aromatic heterocycles. The third kappa shape index (κ3) is 3.12. The minimum absolute atomic E-state index is 0.218. The standard InChI is InChI=1S/C17H24ClNO/c1-13-5-6-14(11-16(13)18)19-12-15-7-10-17(20-15)8-3-2-4-9-17/h5-6,11,15,19H,2-4,7-10,12H2,1H3. The van der Waals surface area contributed by atoms with Crippen LogP contribution in [0.25, 0.3) is 0 Å². The van der Waals surface area contributed by atoms with Crippen LogP contribution >= 0.6 is 11.6 Å². The predicted molar refractivity (Wildman–Crippen MR) is 84.6 cm³/mol. The van der Waals surface area contributed by atoms with Crippen molar-refractivity contribution in [2.75, 3.05) is 11.9 Å². The lowest BCUT2D eigenvalue weighted by Crippen LogP contribution is -2.33. The molecule has 1 aliphatic heterocycles. The summed E-state index contributed by atoms with van der Waals surface area (Å²) in [5.74, 6) is 0. The van der Waals surface area contributed by atoms with Gasteiger partial charge in [-0.3, -0.25) is 0 Å². The molecular formula is C17H24ClNO. The Bertz CT molecular complexity index is 468. The highest BCUT2D eigenvalue weighted by Crippen LogP contribution is 2.41. The maximum Gasteiger partial charge on any atom is 0.0756 e. The third-order valence-corrected chi connectivity index (χ3v) is 5.22. The van der Waals surface area contributed by atoms with E-state index in [1.807, 2.05) is 13.0 Å². The summed E-state index contributed by atoms with van der Waals surface area (Å²) in [6, 6.07) is 6.15. The largest absolute Gasteiger partial charge is 0.382 e. The number of anilines is 1. The van der Waals surface area contributed by atoms with E-state index in [1.54, 1.807) is 0 Å². The van der Waals surface area contributed by atoms with Crippen molar-refractivity contribution in [2.45, 2.75) is 63.6 Å². The fraction of sp³-hybridized carbons (Fsp3) is 0.647. The fourth-order valence-electron chi connectivity index (χ4n) is 3.54. The Kier molecular flexibility index (Phi) is 4.23. The molecule has 2 aliphatic rings. The van der Waals surface area contributed by atoms with E-state index in [0.29, 0.717) is 6.10 Å². The van der Waals surface area contributed by atoms with Crippen molar-refractivity contribution >= 4 is 17.3 Å². The lowest BCUT2D eigenvalue weighted by Gasteiger charge is -2.33. The number of ether oxygens (including phenoxy) is 1. The second-order valence-electron chi connectivity index (χ2n) is 6.37. The number of hydrogen-bond acceptors (Lipinski definition) is 2. The molecule has 3 rings (SSSR count). The molecule has 0 radical (unpaired) electrons. The zero-order chi connectivity index (χ0) is 14.0. The summed E-state index contributed by atoms with van der Waals surface area (Å²) in [5.41, 5.74) is 2.43. The third-order valence-electron chi connectivity index (χ3n) is 4.81. The first-order valence-electron chi connectivity index (χ1n) is 7.85. The van der Waals surface area contributed by atoms with Crippen molar-refractivity contribution < 1.29 is 4.74 Å². The van der Waals surface area contributed by atoms with Gasteiger partial charge >= 0.3 is 0 Å². The minimum Gasteiger partial charge on any atom is -0.382 e. The molecule has 110 valence electrons. The van der Waals surface area contributed by atoms with Gasteiger partial charge in [-0.15, -0.1) is 0 Å². The highest BCUT2D eigenvalue weighted by Gasteiger charge is 2.40. The molecular weight excluding hydrogens is 270 g/mol. The number of nitrogens with one attached hydrogen (secondary N) is 1. The van der Waals surface area contributed by atoms with Crippen LogP contribution in [0.1, 0.15) is 50.5 Å². The van der Waals surface area contributed by atoms with Gasteiger partial charge < -0.3 is 10.1 Å². The lowest BCUT2D eigenvalue weighted by atomic mass is 9.83. The van der Waals surface area contributed by atoms with E-state index in [9.17, 15) is 0 Å². The van der Waals surface area contributed by atoms with E-state index < -0.39 is 0 Å². The van der Waals surface area contributed by atoms with E-state index in [1.165, 1.54) is 44.9 Å². The lowest BCUT2D eigenvalue weighted by molar-refractivity contribution is -0.0588. The Morgan fingerprint density at radius 3 is 2.80 bits per heavy atom. The molecule has 1 aromatic rings.